The SMILES string of the molecule is O=S(=O)(c1ccc(SC[C@H]2CCCO2)nc1)N1CCN(Cc2ccccc2)CC1. The molecule has 0 spiro atoms. The quantitative estimate of drug-likeness (QED) is 0.626. The Hall–Kier alpha value is -1.45. The molecule has 4 rings (SSSR count). The minimum atomic E-state index is -3.50. The lowest BCUT2D eigenvalue weighted by Crippen LogP contribution is -2.48. The highest BCUT2D eigenvalue weighted by Crippen LogP contribution is 2.24. The molecule has 2 fully saturated rings. The zero-order valence-corrected chi connectivity index (χ0v) is 18.1. The Bertz CT molecular complexity index is 877. The Morgan fingerprint density at radius 2 is 1.86 bits per heavy atom. The second-order valence-electron chi connectivity index (χ2n) is 7.44. The van der Waals surface area contributed by atoms with E-state index in [-0.39, 0.29) is 11.0 Å². The predicted octanol–water partition coefficient (Wildman–Crippen LogP) is 2.86. The monoisotopic (exact) mass is 433 g/mol. The normalized spacial score (nSPS) is 21.4. The number of rotatable bonds is 7. The first-order valence-electron chi connectivity index (χ1n) is 10.1. The van der Waals surface area contributed by atoms with E-state index in [4.69, 9.17) is 4.74 Å². The third-order valence-electron chi connectivity index (χ3n) is 5.37. The molecule has 0 bridgehead atoms. The van der Waals surface area contributed by atoms with Gasteiger partial charge in [-0.1, -0.05) is 30.3 Å². The Morgan fingerprint density at radius 1 is 1.07 bits per heavy atom. The molecule has 2 aliphatic heterocycles. The zero-order chi connectivity index (χ0) is 20.1. The van der Waals surface area contributed by atoms with E-state index in [0.29, 0.717) is 13.1 Å². The number of ether oxygens (including phenoxy) is 1. The van der Waals surface area contributed by atoms with E-state index in [9.17, 15) is 8.42 Å². The lowest BCUT2D eigenvalue weighted by atomic mass is 10.2. The van der Waals surface area contributed by atoms with Gasteiger partial charge in [-0.25, -0.2) is 13.4 Å². The molecule has 6 nitrogen and oxygen atoms in total. The minimum Gasteiger partial charge on any atom is -0.377 e. The van der Waals surface area contributed by atoms with E-state index >= 15 is 0 Å². The molecule has 0 N–H and O–H groups in total. The van der Waals surface area contributed by atoms with E-state index in [1.165, 1.54) is 11.8 Å². The molecule has 1 atom stereocenters. The highest BCUT2D eigenvalue weighted by Gasteiger charge is 2.28. The third-order valence-corrected chi connectivity index (χ3v) is 8.33. The van der Waals surface area contributed by atoms with Crippen molar-refractivity contribution in [3.05, 3.63) is 54.2 Å². The number of benzene rings is 1. The van der Waals surface area contributed by atoms with Crippen LogP contribution in [-0.2, 0) is 21.3 Å². The van der Waals surface area contributed by atoms with E-state index in [1.807, 2.05) is 18.2 Å². The second kappa shape index (κ2) is 9.57. The van der Waals surface area contributed by atoms with Crippen LogP contribution in [0.25, 0.3) is 0 Å². The highest BCUT2D eigenvalue weighted by atomic mass is 32.2. The maximum absolute atomic E-state index is 13.0. The lowest BCUT2D eigenvalue weighted by Gasteiger charge is -2.33. The summed E-state index contributed by atoms with van der Waals surface area (Å²) in [4.78, 5) is 6.93. The molecule has 29 heavy (non-hydrogen) atoms. The average Bonchev–Trinajstić information content (AvgIpc) is 3.27. The number of hydrogen-bond acceptors (Lipinski definition) is 6. The Kier molecular flexibility index (Phi) is 6.87. The third kappa shape index (κ3) is 5.38. The van der Waals surface area contributed by atoms with Crippen molar-refractivity contribution < 1.29 is 13.2 Å². The van der Waals surface area contributed by atoms with Crippen molar-refractivity contribution in [2.45, 2.75) is 35.4 Å². The summed E-state index contributed by atoms with van der Waals surface area (Å²) in [5.74, 6) is 0.864. The molecular weight excluding hydrogens is 406 g/mol. The Balaban J connectivity index is 1.31. The van der Waals surface area contributed by atoms with Gasteiger partial charge in [0, 0.05) is 51.3 Å². The number of sulfonamides is 1. The zero-order valence-electron chi connectivity index (χ0n) is 16.4. The standard InChI is InChI=1S/C21H27N3O3S2/c25-29(26,20-8-9-21(22-15-20)28-17-19-7-4-14-27-19)24-12-10-23(11-13-24)16-18-5-2-1-3-6-18/h1-3,5-6,8-9,15,19H,4,7,10-14,16-17H2/t19-/m1/s1. The van der Waals surface area contributed by atoms with Crippen molar-refractivity contribution >= 4 is 21.8 Å². The van der Waals surface area contributed by atoms with Gasteiger partial charge in [0.2, 0.25) is 10.0 Å². The molecule has 0 radical (unpaired) electrons. The first-order chi connectivity index (χ1) is 14.1. The van der Waals surface area contributed by atoms with Gasteiger partial charge in [-0.3, -0.25) is 4.90 Å². The van der Waals surface area contributed by atoms with Crippen molar-refractivity contribution in [2.24, 2.45) is 0 Å². The molecule has 0 unspecified atom stereocenters. The van der Waals surface area contributed by atoms with Crippen molar-refractivity contribution in [2.75, 3.05) is 38.5 Å². The summed E-state index contributed by atoms with van der Waals surface area (Å²) >= 11 is 1.62. The van der Waals surface area contributed by atoms with Crippen LogP contribution in [0.3, 0.4) is 0 Å². The second-order valence-corrected chi connectivity index (χ2v) is 10.4. The minimum absolute atomic E-state index is 0.274. The van der Waals surface area contributed by atoms with Gasteiger partial charge in [0.25, 0.3) is 0 Å². The number of thioether (sulfide) groups is 1. The van der Waals surface area contributed by atoms with Crippen LogP contribution in [0.1, 0.15) is 18.4 Å². The van der Waals surface area contributed by atoms with Crippen LogP contribution in [0.4, 0.5) is 0 Å². The lowest BCUT2D eigenvalue weighted by molar-refractivity contribution is 0.129. The molecular formula is C21H27N3O3S2. The van der Waals surface area contributed by atoms with Gasteiger partial charge in [0.15, 0.2) is 0 Å². The summed E-state index contributed by atoms with van der Waals surface area (Å²) in [6.07, 6.45) is 3.99. The number of hydrogen-bond donors (Lipinski definition) is 0. The van der Waals surface area contributed by atoms with Crippen molar-refractivity contribution in [3.8, 4) is 0 Å². The number of nitrogens with zero attached hydrogens (tertiary/aromatic N) is 3. The van der Waals surface area contributed by atoms with Gasteiger partial charge in [-0.2, -0.15) is 4.31 Å². The number of aromatic nitrogens is 1. The Labute approximate surface area is 177 Å². The summed E-state index contributed by atoms with van der Waals surface area (Å²) in [6, 6.07) is 13.8. The summed E-state index contributed by atoms with van der Waals surface area (Å²) in [5.41, 5.74) is 1.25. The number of pyridine rings is 1. The van der Waals surface area contributed by atoms with Crippen LogP contribution in [0.5, 0.6) is 0 Å². The predicted molar refractivity (Wildman–Crippen MR) is 114 cm³/mol. The van der Waals surface area contributed by atoms with E-state index in [0.717, 1.165) is 49.9 Å². The summed E-state index contributed by atoms with van der Waals surface area (Å²) in [6.45, 7) is 4.17. The van der Waals surface area contributed by atoms with Crippen LogP contribution >= 0.6 is 11.8 Å². The largest absolute Gasteiger partial charge is 0.377 e. The van der Waals surface area contributed by atoms with Gasteiger partial charge in [-0.15, -0.1) is 11.8 Å². The van der Waals surface area contributed by atoms with Gasteiger partial charge in [0.05, 0.1) is 11.1 Å². The van der Waals surface area contributed by atoms with Gasteiger partial charge in [0.1, 0.15) is 4.90 Å². The van der Waals surface area contributed by atoms with Crippen LogP contribution in [0.2, 0.25) is 0 Å². The van der Waals surface area contributed by atoms with E-state index in [2.05, 4.69) is 22.0 Å². The first kappa shape index (κ1) is 20.8. The molecule has 2 saturated heterocycles. The molecule has 0 aliphatic carbocycles. The van der Waals surface area contributed by atoms with Gasteiger partial charge >= 0.3 is 0 Å². The van der Waals surface area contributed by atoms with Crippen LogP contribution < -0.4 is 0 Å². The molecule has 8 heteroatoms. The van der Waals surface area contributed by atoms with Gasteiger partial charge < -0.3 is 4.74 Å². The van der Waals surface area contributed by atoms with E-state index in [1.54, 1.807) is 28.2 Å². The van der Waals surface area contributed by atoms with Crippen molar-refractivity contribution in [1.82, 2.24) is 14.2 Å². The maximum atomic E-state index is 13.0. The fraction of sp³-hybridized carbons (Fsp3) is 0.476. The van der Waals surface area contributed by atoms with Crippen LogP contribution in [0.15, 0.2) is 58.6 Å². The van der Waals surface area contributed by atoms with E-state index < -0.39 is 10.0 Å². The van der Waals surface area contributed by atoms with Crippen LogP contribution in [0, 0.1) is 0 Å². The molecule has 156 valence electrons. The first-order valence-corrected chi connectivity index (χ1v) is 12.5. The summed E-state index contributed by atoms with van der Waals surface area (Å²) in [5, 5.41) is 0.840. The molecule has 2 aliphatic rings. The summed E-state index contributed by atoms with van der Waals surface area (Å²) in [7, 11) is -3.50. The maximum Gasteiger partial charge on any atom is 0.244 e. The smallest absolute Gasteiger partial charge is 0.244 e. The fourth-order valence-electron chi connectivity index (χ4n) is 3.68. The topological polar surface area (TPSA) is 62.7 Å². The van der Waals surface area contributed by atoms with Gasteiger partial charge in [-0.05, 0) is 30.5 Å². The number of piperazine rings is 1. The molecule has 3 heterocycles. The average molecular weight is 434 g/mol. The van der Waals surface area contributed by atoms with Crippen molar-refractivity contribution in [3.63, 3.8) is 0 Å². The molecule has 0 saturated carbocycles. The van der Waals surface area contributed by atoms with Crippen molar-refractivity contribution in [1.29, 1.82) is 0 Å². The molecule has 1 aromatic carbocycles. The fourth-order valence-corrected chi connectivity index (χ4v) is 5.96. The highest BCUT2D eigenvalue weighted by molar-refractivity contribution is 7.99. The molecule has 1 aromatic heterocycles. The molecule has 2 aromatic rings. The summed E-state index contributed by atoms with van der Waals surface area (Å²) < 4.78 is 33.1. The Morgan fingerprint density at radius 3 is 2.52 bits per heavy atom. The molecule has 0 amide bonds. The van der Waals surface area contributed by atoms with Crippen LogP contribution in [-0.4, -0.2) is 67.2 Å².